The summed E-state index contributed by atoms with van der Waals surface area (Å²) in [6, 6.07) is 13.8. The second kappa shape index (κ2) is 9.62. The van der Waals surface area contributed by atoms with Crippen LogP contribution in [-0.2, 0) is 6.54 Å². The number of nitrogens with zero attached hydrogens (tertiary/aromatic N) is 5. The number of pyridine rings is 1. The number of aromatic amines is 1. The third-order valence-electron chi connectivity index (χ3n) is 7.12. The van der Waals surface area contributed by atoms with Crippen molar-refractivity contribution in [1.82, 2.24) is 30.1 Å². The zero-order valence-corrected chi connectivity index (χ0v) is 20.8. The van der Waals surface area contributed by atoms with Gasteiger partial charge in [-0.15, -0.1) is 5.10 Å². The predicted molar refractivity (Wildman–Crippen MR) is 136 cm³/mol. The highest BCUT2D eigenvalue weighted by atomic mass is 16.5. The lowest BCUT2D eigenvalue weighted by molar-refractivity contribution is 0.141. The van der Waals surface area contributed by atoms with Crippen molar-refractivity contribution in [2.45, 2.75) is 46.2 Å². The Balaban J connectivity index is 1.62. The first kappa shape index (κ1) is 23.2. The van der Waals surface area contributed by atoms with E-state index in [0.29, 0.717) is 23.9 Å². The smallest absolute Gasteiger partial charge is 0.253 e. The van der Waals surface area contributed by atoms with Gasteiger partial charge < -0.3 is 9.72 Å². The molecule has 0 amide bonds. The quantitative estimate of drug-likeness (QED) is 0.456. The van der Waals surface area contributed by atoms with E-state index >= 15 is 0 Å². The van der Waals surface area contributed by atoms with Crippen LogP contribution in [0, 0.1) is 19.8 Å². The Hall–Kier alpha value is -3.52. The summed E-state index contributed by atoms with van der Waals surface area (Å²) in [5, 5.41) is 13.9. The molecule has 8 heteroatoms. The van der Waals surface area contributed by atoms with Gasteiger partial charge in [0, 0.05) is 17.5 Å². The van der Waals surface area contributed by atoms with Gasteiger partial charge in [-0.05, 0) is 84.5 Å². The number of aryl methyl sites for hydroxylation is 2. The van der Waals surface area contributed by atoms with Gasteiger partial charge in [-0.1, -0.05) is 31.2 Å². The van der Waals surface area contributed by atoms with Crippen molar-refractivity contribution in [1.29, 1.82) is 0 Å². The number of likely N-dealkylation sites (tertiary alicyclic amines) is 1. The minimum absolute atomic E-state index is 0.0894. The highest BCUT2D eigenvalue weighted by molar-refractivity contribution is 5.85. The molecule has 1 aliphatic heterocycles. The molecule has 3 heterocycles. The SMILES string of the molecule is COc1ccc(Cn2nnnc2C(c2cc3c(C)ccc(C)c3[nH]c2=O)N2CCCC(C)C2)cc1. The lowest BCUT2D eigenvalue weighted by Gasteiger charge is -2.36. The molecule has 2 atom stereocenters. The molecule has 1 fully saturated rings. The molecule has 2 unspecified atom stereocenters. The molecule has 0 bridgehead atoms. The topological polar surface area (TPSA) is 88.9 Å². The molecule has 0 aliphatic carbocycles. The van der Waals surface area contributed by atoms with E-state index < -0.39 is 0 Å². The lowest BCUT2D eigenvalue weighted by atomic mass is 9.95. The van der Waals surface area contributed by atoms with Crippen molar-refractivity contribution >= 4 is 10.9 Å². The molecular formula is C27H32N6O2. The third-order valence-corrected chi connectivity index (χ3v) is 7.12. The van der Waals surface area contributed by atoms with E-state index in [9.17, 15) is 4.79 Å². The molecule has 1 aliphatic rings. The second-order valence-electron chi connectivity index (χ2n) is 9.73. The van der Waals surface area contributed by atoms with Crippen LogP contribution in [0.3, 0.4) is 0 Å². The summed E-state index contributed by atoms with van der Waals surface area (Å²) in [6.07, 6.45) is 2.27. The standard InChI is InChI=1S/C27H32N6O2/c1-17-6-5-13-32(15-17)25(23-14-22-18(2)7-8-19(3)24(22)28-27(23)34)26-29-30-31-33(26)16-20-9-11-21(35-4)12-10-20/h7-12,14,17,25H,5-6,13,15-16H2,1-4H3,(H,28,34). The van der Waals surface area contributed by atoms with E-state index in [4.69, 9.17) is 4.74 Å². The van der Waals surface area contributed by atoms with Crippen LogP contribution in [0.1, 0.15) is 53.9 Å². The molecule has 0 spiro atoms. The Morgan fingerprint density at radius 2 is 1.91 bits per heavy atom. The van der Waals surface area contributed by atoms with Crippen molar-refractivity contribution in [2.24, 2.45) is 5.92 Å². The summed E-state index contributed by atoms with van der Waals surface area (Å²) in [5.41, 5.74) is 4.74. The van der Waals surface area contributed by atoms with E-state index in [1.807, 2.05) is 48.0 Å². The lowest BCUT2D eigenvalue weighted by Crippen LogP contribution is -2.41. The first-order chi connectivity index (χ1) is 16.9. The van der Waals surface area contributed by atoms with Crippen LogP contribution >= 0.6 is 0 Å². The Labute approximate surface area is 204 Å². The minimum atomic E-state index is -0.334. The number of H-pyrrole nitrogens is 1. The average Bonchev–Trinajstić information content (AvgIpc) is 3.30. The van der Waals surface area contributed by atoms with Crippen LogP contribution < -0.4 is 10.3 Å². The van der Waals surface area contributed by atoms with Gasteiger partial charge in [-0.3, -0.25) is 9.69 Å². The number of hydrogen-bond acceptors (Lipinski definition) is 6. The molecule has 8 nitrogen and oxygen atoms in total. The number of rotatable bonds is 6. The van der Waals surface area contributed by atoms with Gasteiger partial charge in [0.05, 0.1) is 19.2 Å². The highest BCUT2D eigenvalue weighted by Crippen LogP contribution is 2.32. The van der Waals surface area contributed by atoms with Crippen LogP contribution in [0.4, 0.5) is 0 Å². The summed E-state index contributed by atoms with van der Waals surface area (Å²) in [5.74, 6) is 2.03. The number of tetrazole rings is 1. The number of benzene rings is 2. The fourth-order valence-corrected chi connectivity index (χ4v) is 5.18. The maximum absolute atomic E-state index is 13.5. The van der Waals surface area contributed by atoms with Crippen molar-refractivity contribution in [3.05, 3.63) is 80.9 Å². The minimum Gasteiger partial charge on any atom is -0.497 e. The van der Waals surface area contributed by atoms with Crippen LogP contribution in [-0.4, -0.2) is 50.3 Å². The predicted octanol–water partition coefficient (Wildman–Crippen LogP) is 4.01. The maximum atomic E-state index is 13.5. The van der Waals surface area contributed by atoms with Crippen molar-refractivity contribution in [3.8, 4) is 5.75 Å². The zero-order valence-electron chi connectivity index (χ0n) is 20.8. The van der Waals surface area contributed by atoms with Gasteiger partial charge >= 0.3 is 0 Å². The largest absolute Gasteiger partial charge is 0.497 e. The molecule has 2 aromatic carbocycles. The van der Waals surface area contributed by atoms with E-state index in [0.717, 1.165) is 52.9 Å². The van der Waals surface area contributed by atoms with Gasteiger partial charge in [0.2, 0.25) is 0 Å². The van der Waals surface area contributed by atoms with Crippen LogP contribution in [0.5, 0.6) is 5.75 Å². The Morgan fingerprint density at radius 1 is 1.14 bits per heavy atom. The summed E-state index contributed by atoms with van der Waals surface area (Å²) in [4.78, 5) is 19.1. The first-order valence-electron chi connectivity index (χ1n) is 12.2. The third kappa shape index (κ3) is 4.58. The van der Waals surface area contributed by atoms with Gasteiger partial charge in [-0.25, -0.2) is 4.68 Å². The van der Waals surface area contributed by atoms with Crippen molar-refractivity contribution in [3.63, 3.8) is 0 Å². The molecule has 4 aromatic rings. The summed E-state index contributed by atoms with van der Waals surface area (Å²) < 4.78 is 7.11. The van der Waals surface area contributed by atoms with E-state index in [1.54, 1.807) is 7.11 Å². The molecular weight excluding hydrogens is 440 g/mol. The summed E-state index contributed by atoms with van der Waals surface area (Å²) in [7, 11) is 1.66. The number of nitrogens with one attached hydrogen (secondary N) is 1. The number of methoxy groups -OCH3 is 1. The van der Waals surface area contributed by atoms with Crippen molar-refractivity contribution in [2.75, 3.05) is 20.2 Å². The highest BCUT2D eigenvalue weighted by Gasteiger charge is 2.33. The number of ether oxygens (including phenoxy) is 1. The second-order valence-corrected chi connectivity index (χ2v) is 9.73. The Bertz CT molecular complexity index is 1390. The molecule has 0 radical (unpaired) electrons. The normalized spacial score (nSPS) is 17.5. The number of piperidine rings is 1. The van der Waals surface area contributed by atoms with E-state index in [2.05, 4.69) is 45.3 Å². The number of fused-ring (bicyclic) bond motifs is 1. The fraction of sp³-hybridized carbons (Fsp3) is 0.407. The van der Waals surface area contributed by atoms with E-state index in [1.165, 1.54) is 6.42 Å². The van der Waals surface area contributed by atoms with Gasteiger partial charge in [0.15, 0.2) is 5.82 Å². The fourth-order valence-electron chi connectivity index (χ4n) is 5.18. The van der Waals surface area contributed by atoms with Crippen molar-refractivity contribution < 1.29 is 4.74 Å². The zero-order chi connectivity index (χ0) is 24.5. The maximum Gasteiger partial charge on any atom is 0.253 e. The molecule has 0 saturated carbocycles. The van der Waals surface area contributed by atoms with E-state index in [-0.39, 0.29) is 11.6 Å². The average molecular weight is 473 g/mol. The summed E-state index contributed by atoms with van der Waals surface area (Å²) in [6.45, 7) is 8.67. The number of aromatic nitrogens is 5. The monoisotopic (exact) mass is 472 g/mol. The van der Waals surface area contributed by atoms with Gasteiger partial charge in [0.25, 0.3) is 5.56 Å². The van der Waals surface area contributed by atoms with Crippen LogP contribution in [0.25, 0.3) is 10.9 Å². The van der Waals surface area contributed by atoms with Crippen LogP contribution in [0.2, 0.25) is 0 Å². The summed E-state index contributed by atoms with van der Waals surface area (Å²) >= 11 is 0. The molecule has 182 valence electrons. The van der Waals surface area contributed by atoms with Gasteiger partial charge in [-0.2, -0.15) is 0 Å². The molecule has 1 saturated heterocycles. The molecule has 35 heavy (non-hydrogen) atoms. The Kier molecular flexibility index (Phi) is 6.38. The molecule has 1 N–H and O–H groups in total. The number of hydrogen-bond donors (Lipinski definition) is 1. The Morgan fingerprint density at radius 3 is 2.66 bits per heavy atom. The molecule has 2 aromatic heterocycles. The van der Waals surface area contributed by atoms with Gasteiger partial charge in [0.1, 0.15) is 11.8 Å². The molecule has 5 rings (SSSR count). The van der Waals surface area contributed by atoms with Crippen LogP contribution in [0.15, 0.2) is 47.3 Å². The first-order valence-corrected chi connectivity index (χ1v) is 12.2.